The van der Waals surface area contributed by atoms with Crippen molar-refractivity contribution in [1.82, 2.24) is 20.2 Å². The summed E-state index contributed by atoms with van der Waals surface area (Å²) in [5, 5.41) is 7.89. The van der Waals surface area contributed by atoms with E-state index in [4.69, 9.17) is 4.42 Å². The fourth-order valence-corrected chi connectivity index (χ4v) is 2.79. The molecule has 1 aromatic rings. The molecule has 0 aromatic carbocycles. The fraction of sp³-hybridized carbons (Fsp3) is 0.625. The SMILES string of the molecule is O=C1N2C[C@@H](CC[C@@H]2c2nnco2)N1OS(=O)(=O)[O-].[H+]. The maximum absolute atomic E-state index is 12.0. The van der Waals surface area contributed by atoms with Gasteiger partial charge in [-0.3, -0.25) is 0 Å². The van der Waals surface area contributed by atoms with Crippen LogP contribution in [-0.4, -0.2) is 51.7 Å². The summed E-state index contributed by atoms with van der Waals surface area (Å²) in [4.78, 5) is 13.4. The van der Waals surface area contributed by atoms with E-state index in [2.05, 4.69) is 14.5 Å². The summed E-state index contributed by atoms with van der Waals surface area (Å²) in [7, 11) is -4.97. The Hall–Kier alpha value is -1.72. The van der Waals surface area contributed by atoms with Gasteiger partial charge in [0.25, 0.3) is 0 Å². The molecule has 1 aromatic heterocycles. The van der Waals surface area contributed by atoms with Crippen LogP contribution in [0.3, 0.4) is 0 Å². The number of hydroxylamine groups is 2. The van der Waals surface area contributed by atoms with Crippen molar-refractivity contribution in [1.29, 1.82) is 0 Å². The molecule has 2 aliphatic rings. The van der Waals surface area contributed by atoms with Gasteiger partial charge in [-0.25, -0.2) is 13.2 Å². The van der Waals surface area contributed by atoms with Gasteiger partial charge in [-0.2, -0.15) is 9.35 Å². The lowest BCUT2D eigenvalue weighted by Gasteiger charge is -2.27. The number of carbonyl (C=O) groups excluding carboxylic acids is 1. The molecule has 0 radical (unpaired) electrons. The minimum atomic E-state index is -4.97. The maximum Gasteiger partial charge on any atom is 1.00 e. The molecule has 2 aliphatic heterocycles. The minimum Gasteiger partial charge on any atom is -0.724 e. The van der Waals surface area contributed by atoms with Crippen LogP contribution in [0.4, 0.5) is 4.79 Å². The molecule has 0 aliphatic carbocycles. The highest BCUT2D eigenvalue weighted by atomic mass is 32.3. The summed E-state index contributed by atoms with van der Waals surface area (Å²) < 4.78 is 41.0. The van der Waals surface area contributed by atoms with Crippen molar-refractivity contribution in [3.05, 3.63) is 12.3 Å². The molecule has 0 saturated carbocycles. The average molecular weight is 290 g/mol. The number of amides is 2. The first-order valence-corrected chi connectivity index (χ1v) is 6.80. The van der Waals surface area contributed by atoms with Crippen molar-refractivity contribution in [3.8, 4) is 0 Å². The van der Waals surface area contributed by atoms with Gasteiger partial charge >= 0.3 is 7.46 Å². The Morgan fingerprint density at radius 1 is 1.53 bits per heavy atom. The van der Waals surface area contributed by atoms with Gasteiger partial charge in [0.1, 0.15) is 6.04 Å². The normalized spacial score (nSPS) is 27.1. The van der Waals surface area contributed by atoms with Crippen LogP contribution in [0.25, 0.3) is 0 Å². The van der Waals surface area contributed by atoms with Gasteiger partial charge in [0.15, 0.2) is 0 Å². The van der Waals surface area contributed by atoms with Crippen LogP contribution in [0.5, 0.6) is 0 Å². The molecule has 2 saturated heterocycles. The predicted octanol–water partition coefficient (Wildman–Crippen LogP) is -0.485. The van der Waals surface area contributed by atoms with E-state index in [0.717, 1.165) is 6.39 Å². The van der Waals surface area contributed by atoms with Gasteiger partial charge in [-0.1, -0.05) is 0 Å². The fourth-order valence-electron chi connectivity index (χ4n) is 2.41. The number of aromatic nitrogens is 2. The molecule has 11 heteroatoms. The van der Waals surface area contributed by atoms with Gasteiger partial charge < -0.3 is 13.9 Å². The molecule has 2 atom stereocenters. The van der Waals surface area contributed by atoms with E-state index in [1.54, 1.807) is 0 Å². The van der Waals surface area contributed by atoms with Crippen LogP contribution in [0.1, 0.15) is 26.2 Å². The first-order valence-electron chi connectivity index (χ1n) is 5.47. The molecular weight excluding hydrogens is 280 g/mol. The average Bonchev–Trinajstić information content (AvgIpc) is 2.93. The van der Waals surface area contributed by atoms with E-state index < -0.39 is 28.5 Å². The van der Waals surface area contributed by atoms with Crippen molar-refractivity contribution in [3.63, 3.8) is 0 Å². The molecular formula is C8H10N4O6S. The van der Waals surface area contributed by atoms with Crippen molar-refractivity contribution in [2.24, 2.45) is 0 Å². The van der Waals surface area contributed by atoms with Crippen LogP contribution < -0.4 is 0 Å². The molecule has 3 rings (SSSR count). The Kier molecular flexibility index (Phi) is 2.69. The monoisotopic (exact) mass is 290 g/mol. The lowest BCUT2D eigenvalue weighted by Crippen LogP contribution is -2.35. The topological polar surface area (TPSA) is 129 Å². The van der Waals surface area contributed by atoms with Gasteiger partial charge in [0, 0.05) is 6.54 Å². The molecule has 2 fully saturated rings. The second-order valence-corrected chi connectivity index (χ2v) is 5.23. The third-order valence-electron chi connectivity index (χ3n) is 3.16. The van der Waals surface area contributed by atoms with Crippen LogP contribution >= 0.6 is 0 Å². The standard InChI is InChI=1S/C8H10N4O6S/c13-8-11-3-5(12(8)18-19(14,15)16)1-2-6(11)7-10-9-4-17-7/h4-6H,1-3H2,(H,14,15,16)/t5-,6-/m1/s1. The summed E-state index contributed by atoms with van der Waals surface area (Å²) >= 11 is 0. The predicted molar refractivity (Wildman–Crippen MR) is 55.9 cm³/mol. The number of nitrogens with zero attached hydrogens (tertiary/aromatic N) is 4. The van der Waals surface area contributed by atoms with Crippen molar-refractivity contribution in [2.75, 3.05) is 6.54 Å². The van der Waals surface area contributed by atoms with E-state index >= 15 is 0 Å². The molecule has 2 amide bonds. The smallest absolute Gasteiger partial charge is 0.724 e. The van der Waals surface area contributed by atoms with E-state index in [9.17, 15) is 17.8 Å². The molecule has 2 bridgehead atoms. The Morgan fingerprint density at radius 3 is 2.95 bits per heavy atom. The van der Waals surface area contributed by atoms with Crippen LogP contribution in [0.15, 0.2) is 10.8 Å². The zero-order valence-electron chi connectivity index (χ0n) is 10.5. The Morgan fingerprint density at radius 2 is 2.32 bits per heavy atom. The Balaban J connectivity index is 0.00000147. The zero-order chi connectivity index (χ0) is 13.6. The number of carbonyl (C=O) groups is 1. The highest BCUT2D eigenvalue weighted by Crippen LogP contribution is 2.37. The Bertz CT molecular complexity index is 592. The molecule has 19 heavy (non-hydrogen) atoms. The second kappa shape index (κ2) is 4.15. The lowest BCUT2D eigenvalue weighted by molar-refractivity contribution is -0.0328. The van der Waals surface area contributed by atoms with Gasteiger partial charge in [-0.05, 0) is 12.8 Å². The number of fused-ring (bicyclic) bond motifs is 2. The number of hydrogen-bond donors (Lipinski definition) is 0. The van der Waals surface area contributed by atoms with Crippen LogP contribution in [0, 0.1) is 0 Å². The quantitative estimate of drug-likeness (QED) is 0.539. The summed E-state index contributed by atoms with van der Waals surface area (Å²) in [5.41, 5.74) is 0. The van der Waals surface area contributed by atoms with E-state index in [1.807, 2.05) is 0 Å². The van der Waals surface area contributed by atoms with Crippen molar-refractivity contribution >= 4 is 16.4 Å². The zero-order valence-corrected chi connectivity index (χ0v) is 10.3. The minimum absolute atomic E-state index is 0. The first-order chi connectivity index (χ1) is 8.96. The number of rotatable bonds is 3. The van der Waals surface area contributed by atoms with Gasteiger partial charge in [0.2, 0.25) is 22.7 Å². The molecule has 10 nitrogen and oxygen atoms in total. The van der Waals surface area contributed by atoms with E-state index in [-0.39, 0.29) is 13.9 Å². The highest BCUT2D eigenvalue weighted by molar-refractivity contribution is 7.80. The molecule has 0 spiro atoms. The molecule has 104 valence electrons. The van der Waals surface area contributed by atoms with Crippen molar-refractivity contribution in [2.45, 2.75) is 24.9 Å². The first kappa shape index (κ1) is 12.3. The third kappa shape index (κ3) is 2.15. The van der Waals surface area contributed by atoms with Crippen molar-refractivity contribution < 1.29 is 27.9 Å². The lowest BCUT2D eigenvalue weighted by atomic mass is 10.0. The number of urea groups is 1. The molecule has 0 N–H and O–H groups in total. The van der Waals surface area contributed by atoms with Crippen LogP contribution in [0.2, 0.25) is 0 Å². The van der Waals surface area contributed by atoms with Gasteiger partial charge in [0.05, 0.1) is 6.04 Å². The molecule has 3 heterocycles. The largest absolute Gasteiger partial charge is 1.00 e. The summed E-state index contributed by atoms with van der Waals surface area (Å²) in [6, 6.07) is -1.57. The highest BCUT2D eigenvalue weighted by Gasteiger charge is 2.48. The van der Waals surface area contributed by atoms with Gasteiger partial charge in [-0.15, -0.1) is 10.2 Å². The molecule has 0 unspecified atom stereocenters. The summed E-state index contributed by atoms with van der Waals surface area (Å²) in [5.74, 6) is 0.277. The van der Waals surface area contributed by atoms with E-state index in [1.165, 1.54) is 4.90 Å². The summed E-state index contributed by atoms with van der Waals surface area (Å²) in [6.07, 6.45) is 2.15. The second-order valence-electron chi connectivity index (χ2n) is 4.27. The third-order valence-corrected chi connectivity index (χ3v) is 3.50. The maximum atomic E-state index is 12.0. The summed E-state index contributed by atoms with van der Waals surface area (Å²) in [6.45, 7) is 0.251. The number of hydrogen-bond acceptors (Lipinski definition) is 8. The van der Waals surface area contributed by atoms with Crippen LogP contribution in [-0.2, 0) is 14.7 Å². The van der Waals surface area contributed by atoms with E-state index in [0.29, 0.717) is 17.9 Å². The Labute approximate surface area is 109 Å². The number of piperidine rings is 1.